The largest absolute Gasteiger partial charge is 0.482 e. The van der Waals surface area contributed by atoms with E-state index in [1.807, 2.05) is 13.0 Å². The van der Waals surface area contributed by atoms with E-state index in [2.05, 4.69) is 15.3 Å². The van der Waals surface area contributed by atoms with Crippen LogP contribution in [0.5, 0.6) is 5.75 Å². The van der Waals surface area contributed by atoms with Gasteiger partial charge in [-0.2, -0.15) is 5.10 Å². The predicted octanol–water partition coefficient (Wildman–Crippen LogP) is 1.77. The number of anilines is 1. The normalized spacial score (nSPS) is 11.2. The molecule has 0 bridgehead atoms. The molecule has 0 heterocycles. The van der Waals surface area contributed by atoms with E-state index < -0.39 is 28.4 Å². The number of amides is 1. The zero-order valence-electron chi connectivity index (χ0n) is 17.8. The number of ether oxygens (including phenoxy) is 2. The van der Waals surface area contributed by atoms with Crippen molar-refractivity contribution in [3.8, 4) is 5.75 Å². The summed E-state index contributed by atoms with van der Waals surface area (Å²) in [6.45, 7) is 3.03. The minimum absolute atomic E-state index is 0.197. The summed E-state index contributed by atoms with van der Waals surface area (Å²) in [6.07, 6.45) is 2.46. The van der Waals surface area contributed by atoms with Gasteiger partial charge in [-0.25, -0.2) is 18.6 Å². The highest BCUT2D eigenvalue weighted by Gasteiger charge is 2.22. The Balaban J connectivity index is 2.00. The van der Waals surface area contributed by atoms with E-state index in [-0.39, 0.29) is 6.61 Å². The van der Waals surface area contributed by atoms with E-state index in [4.69, 9.17) is 4.74 Å². The van der Waals surface area contributed by atoms with Crippen molar-refractivity contribution < 1.29 is 27.5 Å². The zero-order valence-corrected chi connectivity index (χ0v) is 18.6. The van der Waals surface area contributed by atoms with Crippen molar-refractivity contribution in [1.29, 1.82) is 0 Å². The number of sulfonamides is 1. The van der Waals surface area contributed by atoms with Crippen LogP contribution in [0, 0.1) is 13.8 Å². The molecular weight excluding hydrogens is 422 g/mol. The third-order valence-electron chi connectivity index (χ3n) is 4.19. The van der Waals surface area contributed by atoms with Crippen LogP contribution >= 0.6 is 0 Å². The molecule has 2 aromatic carbocycles. The average molecular weight is 448 g/mol. The Morgan fingerprint density at radius 3 is 2.42 bits per heavy atom. The van der Waals surface area contributed by atoms with Gasteiger partial charge in [0.15, 0.2) is 6.61 Å². The second kappa shape index (κ2) is 10.6. The number of rotatable bonds is 9. The number of nitrogens with zero attached hydrogens (tertiary/aromatic N) is 2. The minimum atomic E-state index is -3.67. The number of carbonyl (C=O) groups excluding carboxylic acids is 2. The third kappa shape index (κ3) is 7.41. The number of hydrogen-bond donors (Lipinski definition) is 1. The summed E-state index contributed by atoms with van der Waals surface area (Å²) in [6, 6.07) is 12.0. The fourth-order valence-corrected chi connectivity index (χ4v) is 3.47. The fourth-order valence-electron chi connectivity index (χ4n) is 2.57. The van der Waals surface area contributed by atoms with Crippen molar-refractivity contribution in [3.63, 3.8) is 0 Å². The number of hydrazone groups is 1. The van der Waals surface area contributed by atoms with Gasteiger partial charge in [0.1, 0.15) is 12.3 Å². The average Bonchev–Trinajstić information content (AvgIpc) is 2.72. The molecule has 166 valence electrons. The molecule has 10 heteroatoms. The SMILES string of the molecule is COC(=O)COc1ccc(/C=N\NC(=O)CN(c2cc(C)ccc2C)S(C)(=O)=O)cc1. The van der Waals surface area contributed by atoms with E-state index in [1.165, 1.54) is 13.3 Å². The van der Waals surface area contributed by atoms with Gasteiger partial charge in [-0.05, 0) is 60.9 Å². The van der Waals surface area contributed by atoms with Gasteiger partial charge < -0.3 is 9.47 Å². The van der Waals surface area contributed by atoms with Gasteiger partial charge in [-0.15, -0.1) is 0 Å². The van der Waals surface area contributed by atoms with Crippen LogP contribution in [0.3, 0.4) is 0 Å². The maximum absolute atomic E-state index is 12.3. The lowest BCUT2D eigenvalue weighted by Gasteiger charge is -2.23. The van der Waals surface area contributed by atoms with Crippen molar-refractivity contribution in [2.24, 2.45) is 5.10 Å². The highest BCUT2D eigenvalue weighted by molar-refractivity contribution is 7.92. The molecular formula is C21H25N3O6S. The van der Waals surface area contributed by atoms with Gasteiger partial charge in [0, 0.05) is 0 Å². The van der Waals surface area contributed by atoms with Crippen LogP contribution in [0.1, 0.15) is 16.7 Å². The first-order chi connectivity index (χ1) is 14.6. The van der Waals surface area contributed by atoms with Gasteiger partial charge >= 0.3 is 5.97 Å². The number of nitrogens with one attached hydrogen (secondary N) is 1. The third-order valence-corrected chi connectivity index (χ3v) is 5.31. The second-order valence-corrected chi connectivity index (χ2v) is 8.69. The van der Waals surface area contributed by atoms with Crippen LogP contribution in [0.25, 0.3) is 0 Å². The van der Waals surface area contributed by atoms with Gasteiger partial charge in [-0.3, -0.25) is 9.10 Å². The van der Waals surface area contributed by atoms with Gasteiger partial charge in [0.25, 0.3) is 5.91 Å². The Morgan fingerprint density at radius 1 is 1.13 bits per heavy atom. The smallest absolute Gasteiger partial charge is 0.343 e. The van der Waals surface area contributed by atoms with Crippen LogP contribution in [-0.4, -0.2) is 53.0 Å². The van der Waals surface area contributed by atoms with Crippen molar-refractivity contribution >= 4 is 33.8 Å². The molecule has 0 aromatic heterocycles. The van der Waals surface area contributed by atoms with E-state index >= 15 is 0 Å². The monoisotopic (exact) mass is 447 g/mol. The molecule has 0 saturated heterocycles. The first kappa shape index (κ1) is 23.9. The van der Waals surface area contributed by atoms with Gasteiger partial charge in [-0.1, -0.05) is 12.1 Å². The number of esters is 1. The molecule has 0 saturated carbocycles. The number of methoxy groups -OCH3 is 1. The molecule has 0 aliphatic rings. The molecule has 9 nitrogen and oxygen atoms in total. The number of carbonyl (C=O) groups is 2. The van der Waals surface area contributed by atoms with Gasteiger partial charge in [0.2, 0.25) is 10.0 Å². The molecule has 0 unspecified atom stereocenters. The number of hydrogen-bond acceptors (Lipinski definition) is 7. The van der Waals surface area contributed by atoms with E-state index in [1.54, 1.807) is 43.3 Å². The Bertz CT molecular complexity index is 1070. The number of aryl methyl sites for hydroxylation is 2. The Morgan fingerprint density at radius 2 is 1.81 bits per heavy atom. The summed E-state index contributed by atoms with van der Waals surface area (Å²) in [5.74, 6) is -0.595. The van der Waals surface area contributed by atoms with Gasteiger partial charge in [0.05, 0.1) is 25.3 Å². The summed E-state index contributed by atoms with van der Waals surface area (Å²) < 4.78 is 35.3. The maximum atomic E-state index is 12.3. The second-order valence-electron chi connectivity index (χ2n) is 6.79. The summed E-state index contributed by atoms with van der Waals surface area (Å²) in [5, 5.41) is 3.87. The van der Waals surface area contributed by atoms with Crippen molar-refractivity contribution in [3.05, 3.63) is 59.2 Å². The molecule has 0 atom stereocenters. The highest BCUT2D eigenvalue weighted by atomic mass is 32.2. The van der Waals surface area contributed by atoms with Crippen LogP contribution in [0.4, 0.5) is 5.69 Å². The van der Waals surface area contributed by atoms with E-state index in [0.717, 1.165) is 21.7 Å². The maximum Gasteiger partial charge on any atom is 0.343 e. The quantitative estimate of drug-likeness (QED) is 0.356. The summed E-state index contributed by atoms with van der Waals surface area (Å²) in [7, 11) is -2.40. The van der Waals surface area contributed by atoms with Crippen molar-refractivity contribution in [2.75, 3.05) is 30.8 Å². The van der Waals surface area contributed by atoms with Crippen molar-refractivity contribution in [1.82, 2.24) is 5.43 Å². The molecule has 0 aliphatic carbocycles. The van der Waals surface area contributed by atoms with Crippen LogP contribution < -0.4 is 14.5 Å². The lowest BCUT2D eigenvalue weighted by atomic mass is 10.1. The molecule has 2 rings (SSSR count). The molecule has 0 aliphatic heterocycles. The highest BCUT2D eigenvalue weighted by Crippen LogP contribution is 2.23. The standard InChI is InChI=1S/C21H25N3O6S/c1-15-5-6-16(2)19(11-15)24(31(4,27)28)13-20(25)23-22-12-17-7-9-18(10-8-17)30-14-21(26)29-3/h5-12H,13-14H2,1-4H3,(H,23,25)/b22-12-. The first-order valence-electron chi connectivity index (χ1n) is 9.26. The Hall–Kier alpha value is -3.40. The molecule has 1 amide bonds. The van der Waals surface area contributed by atoms with E-state index in [9.17, 15) is 18.0 Å². The van der Waals surface area contributed by atoms with E-state index in [0.29, 0.717) is 17.0 Å². The predicted molar refractivity (Wildman–Crippen MR) is 118 cm³/mol. The molecule has 2 aromatic rings. The fraction of sp³-hybridized carbons (Fsp3) is 0.286. The minimum Gasteiger partial charge on any atom is -0.482 e. The van der Waals surface area contributed by atoms with Crippen LogP contribution in [-0.2, 0) is 24.3 Å². The summed E-state index contributed by atoms with van der Waals surface area (Å²) >= 11 is 0. The first-order valence-corrected chi connectivity index (χ1v) is 11.1. The number of benzene rings is 2. The molecule has 0 fully saturated rings. The molecule has 0 spiro atoms. The topological polar surface area (TPSA) is 114 Å². The van der Waals surface area contributed by atoms with Crippen molar-refractivity contribution in [2.45, 2.75) is 13.8 Å². The lowest BCUT2D eigenvalue weighted by molar-refractivity contribution is -0.142. The summed E-state index contributed by atoms with van der Waals surface area (Å²) in [5.41, 5.74) is 5.07. The van der Waals surface area contributed by atoms with Crippen LogP contribution in [0.2, 0.25) is 0 Å². The lowest BCUT2D eigenvalue weighted by Crippen LogP contribution is -2.39. The Labute approximate surface area is 181 Å². The molecule has 1 N–H and O–H groups in total. The molecule has 0 radical (unpaired) electrons. The summed E-state index contributed by atoms with van der Waals surface area (Å²) in [4.78, 5) is 23.4. The molecule has 31 heavy (non-hydrogen) atoms. The Kier molecular flexibility index (Phi) is 8.14. The van der Waals surface area contributed by atoms with Crippen LogP contribution in [0.15, 0.2) is 47.6 Å². The zero-order chi connectivity index (χ0) is 23.0.